The highest BCUT2D eigenvalue weighted by Gasteiger charge is 2.12. The fraction of sp³-hybridized carbons (Fsp3) is 0.400. The van der Waals surface area contributed by atoms with Crippen LogP contribution in [0, 0.1) is 0 Å². The molecule has 1 aromatic carbocycles. The molecule has 0 aliphatic carbocycles. The summed E-state index contributed by atoms with van der Waals surface area (Å²) in [6.07, 6.45) is -1.12. The summed E-state index contributed by atoms with van der Waals surface area (Å²) in [6, 6.07) is 9.90. The number of alkyl halides is 2. The van der Waals surface area contributed by atoms with E-state index in [4.69, 9.17) is 10.5 Å². The molecule has 3 nitrogen and oxygen atoms in total. The molecule has 1 aromatic heterocycles. The number of nitrogens with two attached hydrogens (primary N) is 1. The average Bonchev–Trinajstić information content (AvgIpc) is 2.88. The first kappa shape index (κ1) is 16.0. The first-order chi connectivity index (χ1) is 10.2. The quantitative estimate of drug-likeness (QED) is 0.762. The van der Waals surface area contributed by atoms with E-state index in [0.29, 0.717) is 13.0 Å². The van der Waals surface area contributed by atoms with Crippen LogP contribution in [-0.2, 0) is 17.6 Å². The fourth-order valence-corrected chi connectivity index (χ4v) is 3.05. The van der Waals surface area contributed by atoms with Gasteiger partial charge in [-0.2, -0.15) is 0 Å². The van der Waals surface area contributed by atoms with Crippen LogP contribution in [-0.4, -0.2) is 31.2 Å². The van der Waals surface area contributed by atoms with Gasteiger partial charge in [-0.1, -0.05) is 30.3 Å². The number of rotatable bonds is 8. The summed E-state index contributed by atoms with van der Waals surface area (Å²) in [5.74, 6) is 0. The van der Waals surface area contributed by atoms with Gasteiger partial charge in [0.05, 0.1) is 17.3 Å². The van der Waals surface area contributed by atoms with Gasteiger partial charge >= 0.3 is 0 Å². The van der Waals surface area contributed by atoms with Crippen molar-refractivity contribution in [1.82, 2.24) is 4.98 Å². The van der Waals surface area contributed by atoms with Crippen LogP contribution in [0.3, 0.4) is 0 Å². The highest BCUT2D eigenvalue weighted by molar-refractivity contribution is 7.12. The van der Waals surface area contributed by atoms with E-state index in [1.165, 1.54) is 0 Å². The van der Waals surface area contributed by atoms with Crippen LogP contribution in [0.2, 0.25) is 0 Å². The Morgan fingerprint density at radius 2 is 1.95 bits per heavy atom. The molecule has 2 N–H and O–H groups in total. The molecule has 0 aliphatic rings. The maximum absolute atomic E-state index is 12.0. The number of halogens is 2. The normalized spacial score (nSPS) is 11.2. The van der Waals surface area contributed by atoms with E-state index >= 15 is 0 Å². The second kappa shape index (κ2) is 8.17. The number of nitrogens with zero attached hydrogens (tertiary/aromatic N) is 1. The topological polar surface area (TPSA) is 48.1 Å². The number of ether oxygens (including phenoxy) is 1. The standard InChI is InChI=1S/C15H18F2N2OS/c16-13(17)10-20-9-7-14-19-15(12(21-14)6-8-18)11-4-2-1-3-5-11/h1-5,13H,6-10,18H2. The van der Waals surface area contributed by atoms with Crippen LogP contribution < -0.4 is 5.73 Å². The van der Waals surface area contributed by atoms with Gasteiger partial charge in [0.2, 0.25) is 0 Å². The minimum absolute atomic E-state index is 0.258. The van der Waals surface area contributed by atoms with Crippen molar-refractivity contribution in [3.8, 4) is 11.3 Å². The Hall–Kier alpha value is -1.37. The van der Waals surface area contributed by atoms with Gasteiger partial charge in [0.25, 0.3) is 6.43 Å². The van der Waals surface area contributed by atoms with Gasteiger partial charge in [0, 0.05) is 16.9 Å². The molecular formula is C15H18F2N2OS. The van der Waals surface area contributed by atoms with Gasteiger partial charge in [0.15, 0.2) is 0 Å². The second-order valence-corrected chi connectivity index (χ2v) is 5.67. The maximum Gasteiger partial charge on any atom is 0.261 e. The van der Waals surface area contributed by atoms with Crippen molar-refractivity contribution in [2.24, 2.45) is 5.73 Å². The van der Waals surface area contributed by atoms with E-state index in [9.17, 15) is 8.78 Å². The monoisotopic (exact) mass is 312 g/mol. The van der Waals surface area contributed by atoms with Crippen LogP contribution in [0.4, 0.5) is 8.78 Å². The number of hydrogen-bond acceptors (Lipinski definition) is 4. The summed E-state index contributed by atoms with van der Waals surface area (Å²) in [5, 5.41) is 0.895. The summed E-state index contributed by atoms with van der Waals surface area (Å²) in [5.41, 5.74) is 7.64. The Bertz CT molecular complexity index is 546. The number of hydrogen-bond donors (Lipinski definition) is 1. The third-order valence-electron chi connectivity index (χ3n) is 2.86. The van der Waals surface area contributed by atoms with Gasteiger partial charge in [0.1, 0.15) is 6.61 Å². The highest BCUT2D eigenvalue weighted by Crippen LogP contribution is 2.28. The summed E-state index contributed by atoms with van der Waals surface area (Å²) in [4.78, 5) is 5.74. The summed E-state index contributed by atoms with van der Waals surface area (Å²) < 4.78 is 28.9. The molecule has 0 spiro atoms. The Balaban J connectivity index is 2.06. The van der Waals surface area contributed by atoms with Gasteiger partial charge in [-0.05, 0) is 13.0 Å². The molecule has 0 bridgehead atoms. The maximum atomic E-state index is 12.0. The smallest absolute Gasteiger partial charge is 0.261 e. The summed E-state index contributed by atoms with van der Waals surface area (Å²) in [6.45, 7) is 0.296. The van der Waals surface area contributed by atoms with Crippen LogP contribution in [0.15, 0.2) is 30.3 Å². The van der Waals surface area contributed by atoms with E-state index in [2.05, 4.69) is 4.98 Å². The van der Waals surface area contributed by atoms with Gasteiger partial charge in [-0.3, -0.25) is 0 Å². The van der Waals surface area contributed by atoms with Crippen LogP contribution in [0.25, 0.3) is 11.3 Å². The molecule has 0 saturated heterocycles. The first-order valence-corrected chi connectivity index (χ1v) is 7.62. The van der Waals surface area contributed by atoms with Crippen molar-refractivity contribution in [3.05, 3.63) is 40.2 Å². The molecule has 2 rings (SSSR count). The molecule has 6 heteroatoms. The largest absolute Gasteiger partial charge is 0.375 e. The Morgan fingerprint density at radius 3 is 2.62 bits per heavy atom. The fourth-order valence-electron chi connectivity index (χ4n) is 1.96. The number of benzene rings is 1. The van der Waals surface area contributed by atoms with E-state index in [0.717, 1.165) is 27.6 Å². The van der Waals surface area contributed by atoms with Gasteiger partial charge < -0.3 is 10.5 Å². The Morgan fingerprint density at radius 1 is 1.19 bits per heavy atom. The zero-order valence-corrected chi connectivity index (χ0v) is 12.4. The molecule has 0 saturated carbocycles. The Labute approximate surface area is 126 Å². The van der Waals surface area contributed by atoms with Crippen LogP contribution in [0.5, 0.6) is 0 Å². The van der Waals surface area contributed by atoms with E-state index in [1.54, 1.807) is 11.3 Å². The number of thiazole rings is 1. The van der Waals surface area contributed by atoms with E-state index in [1.807, 2.05) is 30.3 Å². The minimum atomic E-state index is -2.42. The molecule has 1 heterocycles. The highest BCUT2D eigenvalue weighted by atomic mass is 32.1. The lowest BCUT2D eigenvalue weighted by molar-refractivity contribution is 0.0187. The van der Waals surface area contributed by atoms with E-state index < -0.39 is 13.0 Å². The SMILES string of the molecule is NCCc1sc(CCOCC(F)F)nc1-c1ccccc1. The van der Waals surface area contributed by atoms with Crippen molar-refractivity contribution >= 4 is 11.3 Å². The molecule has 0 unspecified atom stereocenters. The molecular weight excluding hydrogens is 294 g/mol. The molecule has 2 aromatic rings. The number of aromatic nitrogens is 1. The first-order valence-electron chi connectivity index (χ1n) is 6.80. The summed E-state index contributed by atoms with van der Waals surface area (Å²) in [7, 11) is 0. The zero-order chi connectivity index (χ0) is 15.1. The Kier molecular flexibility index (Phi) is 6.22. The summed E-state index contributed by atoms with van der Waals surface area (Å²) >= 11 is 1.58. The molecule has 0 fully saturated rings. The predicted octanol–water partition coefficient (Wildman–Crippen LogP) is 3.14. The lowest BCUT2D eigenvalue weighted by Gasteiger charge is -2.01. The minimum Gasteiger partial charge on any atom is -0.375 e. The molecule has 0 atom stereocenters. The van der Waals surface area contributed by atoms with Crippen LogP contribution >= 0.6 is 11.3 Å². The third kappa shape index (κ3) is 4.84. The lowest BCUT2D eigenvalue weighted by Crippen LogP contribution is -2.06. The van der Waals surface area contributed by atoms with Crippen molar-refractivity contribution in [3.63, 3.8) is 0 Å². The molecule has 0 amide bonds. The average molecular weight is 312 g/mol. The van der Waals surface area contributed by atoms with E-state index in [-0.39, 0.29) is 6.61 Å². The van der Waals surface area contributed by atoms with Crippen molar-refractivity contribution in [1.29, 1.82) is 0 Å². The molecule has 114 valence electrons. The lowest BCUT2D eigenvalue weighted by atomic mass is 10.1. The second-order valence-electron chi connectivity index (χ2n) is 4.50. The van der Waals surface area contributed by atoms with Crippen molar-refractivity contribution < 1.29 is 13.5 Å². The van der Waals surface area contributed by atoms with Crippen molar-refractivity contribution in [2.75, 3.05) is 19.8 Å². The van der Waals surface area contributed by atoms with Crippen molar-refractivity contribution in [2.45, 2.75) is 19.3 Å². The van der Waals surface area contributed by atoms with Crippen LogP contribution in [0.1, 0.15) is 9.88 Å². The molecule has 0 aliphatic heterocycles. The zero-order valence-electron chi connectivity index (χ0n) is 11.6. The molecule has 0 radical (unpaired) electrons. The predicted molar refractivity (Wildman–Crippen MR) is 80.8 cm³/mol. The third-order valence-corrected chi connectivity index (χ3v) is 4.04. The molecule has 21 heavy (non-hydrogen) atoms. The van der Waals surface area contributed by atoms with Gasteiger partial charge in [-0.15, -0.1) is 11.3 Å². The van der Waals surface area contributed by atoms with Gasteiger partial charge in [-0.25, -0.2) is 13.8 Å².